The maximum atomic E-state index is 10.6. The number of unbranched alkanes of at least 4 members (excludes halogenated alkanes) is 1. The number of benzene rings is 1. The number of para-hydroxylation sites is 2. The fourth-order valence-corrected chi connectivity index (χ4v) is 1.30. The number of hydrogen-bond acceptors (Lipinski definition) is 3. The van der Waals surface area contributed by atoms with Gasteiger partial charge in [0.05, 0.1) is 11.5 Å². The molecule has 4 nitrogen and oxygen atoms in total. The molecule has 82 valence electrons. The summed E-state index contributed by atoms with van der Waals surface area (Å²) in [5.74, 6) is 0.900. The highest BCUT2D eigenvalue weighted by atomic mass is 35.5. The summed E-state index contributed by atoms with van der Waals surface area (Å²) in [7, 11) is 0. The SMILES string of the molecule is O=[N+]([O-])c1ccccc1OCCCCCl. The molecule has 0 aliphatic carbocycles. The first kappa shape index (κ1) is 11.8. The van der Waals surface area contributed by atoms with E-state index < -0.39 is 4.92 Å². The molecule has 0 heterocycles. The average Bonchev–Trinajstić information content (AvgIpc) is 2.25. The first-order valence-electron chi connectivity index (χ1n) is 4.68. The highest BCUT2D eigenvalue weighted by molar-refractivity contribution is 6.17. The van der Waals surface area contributed by atoms with Crippen LogP contribution in [-0.4, -0.2) is 17.4 Å². The Morgan fingerprint density at radius 3 is 2.73 bits per heavy atom. The van der Waals surface area contributed by atoms with Crippen LogP contribution >= 0.6 is 11.6 Å². The largest absolute Gasteiger partial charge is 0.487 e. The van der Waals surface area contributed by atoms with Crippen molar-refractivity contribution in [2.24, 2.45) is 0 Å². The predicted octanol–water partition coefficient (Wildman–Crippen LogP) is 2.99. The molecule has 0 aromatic heterocycles. The quantitative estimate of drug-likeness (QED) is 0.326. The lowest BCUT2D eigenvalue weighted by molar-refractivity contribution is -0.385. The van der Waals surface area contributed by atoms with Crippen LogP contribution < -0.4 is 4.74 Å². The highest BCUT2D eigenvalue weighted by Gasteiger charge is 2.12. The third-order valence-electron chi connectivity index (χ3n) is 1.85. The Labute approximate surface area is 93.0 Å². The van der Waals surface area contributed by atoms with Crippen LogP contribution in [0.1, 0.15) is 12.8 Å². The maximum absolute atomic E-state index is 10.6. The van der Waals surface area contributed by atoms with Crippen LogP contribution in [0.4, 0.5) is 5.69 Å². The second-order valence-corrected chi connectivity index (χ2v) is 3.35. The minimum atomic E-state index is -0.448. The van der Waals surface area contributed by atoms with Crippen LogP contribution in [-0.2, 0) is 0 Å². The van der Waals surface area contributed by atoms with Gasteiger partial charge in [0.15, 0.2) is 5.75 Å². The predicted molar refractivity (Wildman–Crippen MR) is 58.5 cm³/mol. The molecule has 0 amide bonds. The average molecular weight is 230 g/mol. The summed E-state index contributed by atoms with van der Waals surface area (Å²) in [5, 5.41) is 10.6. The van der Waals surface area contributed by atoms with Crippen molar-refractivity contribution in [3.8, 4) is 5.75 Å². The topological polar surface area (TPSA) is 52.4 Å². The summed E-state index contributed by atoms with van der Waals surface area (Å²) in [6.45, 7) is 0.456. The molecule has 0 unspecified atom stereocenters. The number of rotatable bonds is 6. The van der Waals surface area contributed by atoms with Gasteiger partial charge in [0, 0.05) is 11.9 Å². The molecule has 0 saturated heterocycles. The van der Waals surface area contributed by atoms with Crippen LogP contribution in [0.5, 0.6) is 5.75 Å². The number of nitro benzene ring substituents is 1. The molecule has 0 fully saturated rings. The Morgan fingerprint density at radius 1 is 1.33 bits per heavy atom. The molecule has 5 heteroatoms. The van der Waals surface area contributed by atoms with Gasteiger partial charge in [0.1, 0.15) is 0 Å². The van der Waals surface area contributed by atoms with E-state index in [2.05, 4.69) is 0 Å². The highest BCUT2D eigenvalue weighted by Crippen LogP contribution is 2.25. The molecule has 0 bridgehead atoms. The van der Waals surface area contributed by atoms with Gasteiger partial charge in [-0.1, -0.05) is 12.1 Å². The molecule has 0 N–H and O–H groups in total. The van der Waals surface area contributed by atoms with E-state index in [-0.39, 0.29) is 5.69 Å². The van der Waals surface area contributed by atoms with Crippen molar-refractivity contribution in [3.63, 3.8) is 0 Å². The van der Waals surface area contributed by atoms with Crippen LogP contribution in [0.15, 0.2) is 24.3 Å². The molecule has 0 aliphatic heterocycles. The Balaban J connectivity index is 2.56. The maximum Gasteiger partial charge on any atom is 0.310 e. The van der Waals surface area contributed by atoms with E-state index in [1.165, 1.54) is 6.07 Å². The van der Waals surface area contributed by atoms with E-state index in [0.717, 1.165) is 12.8 Å². The smallest absolute Gasteiger partial charge is 0.310 e. The van der Waals surface area contributed by atoms with Gasteiger partial charge in [0.25, 0.3) is 0 Å². The number of hydrogen-bond donors (Lipinski definition) is 0. The number of alkyl halides is 1. The Hall–Kier alpha value is -1.29. The monoisotopic (exact) mass is 229 g/mol. The van der Waals surface area contributed by atoms with Gasteiger partial charge in [-0.25, -0.2) is 0 Å². The van der Waals surface area contributed by atoms with E-state index in [0.29, 0.717) is 18.2 Å². The molecule has 0 saturated carbocycles. The fourth-order valence-electron chi connectivity index (χ4n) is 1.11. The third kappa shape index (κ3) is 3.75. The summed E-state index contributed by atoms with van der Waals surface area (Å²) in [6.07, 6.45) is 1.65. The zero-order valence-electron chi connectivity index (χ0n) is 8.19. The Bertz CT molecular complexity index is 330. The number of nitrogens with zero attached hydrogens (tertiary/aromatic N) is 1. The van der Waals surface area contributed by atoms with Crippen LogP contribution in [0.25, 0.3) is 0 Å². The summed E-state index contributed by atoms with van der Waals surface area (Å²) in [6, 6.07) is 6.35. The molecule has 1 aromatic carbocycles. The number of halogens is 1. The van der Waals surface area contributed by atoms with Crippen molar-refractivity contribution < 1.29 is 9.66 Å². The first-order chi connectivity index (χ1) is 7.25. The minimum Gasteiger partial charge on any atom is -0.487 e. The van der Waals surface area contributed by atoms with Gasteiger partial charge in [0.2, 0.25) is 0 Å². The van der Waals surface area contributed by atoms with Gasteiger partial charge in [-0.15, -0.1) is 11.6 Å². The third-order valence-corrected chi connectivity index (χ3v) is 2.11. The lowest BCUT2D eigenvalue weighted by Gasteiger charge is -2.05. The second kappa shape index (κ2) is 6.24. The lowest BCUT2D eigenvalue weighted by Crippen LogP contribution is -2.00. The van der Waals surface area contributed by atoms with Crippen LogP contribution in [0.2, 0.25) is 0 Å². The molecule has 0 radical (unpaired) electrons. The van der Waals surface area contributed by atoms with E-state index in [1.807, 2.05) is 0 Å². The fraction of sp³-hybridized carbons (Fsp3) is 0.400. The van der Waals surface area contributed by atoms with E-state index in [1.54, 1.807) is 18.2 Å². The molecule has 0 spiro atoms. The molecule has 1 aromatic rings. The van der Waals surface area contributed by atoms with Crippen molar-refractivity contribution >= 4 is 17.3 Å². The molecule has 15 heavy (non-hydrogen) atoms. The first-order valence-corrected chi connectivity index (χ1v) is 5.21. The van der Waals surface area contributed by atoms with Gasteiger partial charge < -0.3 is 4.74 Å². The van der Waals surface area contributed by atoms with Crippen LogP contribution in [0.3, 0.4) is 0 Å². The molecule has 1 rings (SSSR count). The van der Waals surface area contributed by atoms with E-state index in [4.69, 9.17) is 16.3 Å². The summed E-state index contributed by atoms with van der Waals surface area (Å²) in [5.41, 5.74) is 0.00312. The van der Waals surface area contributed by atoms with Crippen molar-refractivity contribution in [3.05, 3.63) is 34.4 Å². The molecule has 0 aliphatic rings. The summed E-state index contributed by atoms with van der Waals surface area (Å²) in [4.78, 5) is 10.2. The molecular weight excluding hydrogens is 218 g/mol. The standard InChI is InChI=1S/C10H12ClNO3/c11-7-3-4-8-15-10-6-2-1-5-9(10)12(13)14/h1-2,5-6H,3-4,7-8H2. The molecular formula is C10H12ClNO3. The molecule has 0 atom stereocenters. The normalized spacial score (nSPS) is 9.93. The minimum absolute atomic E-state index is 0.00312. The zero-order chi connectivity index (χ0) is 11.1. The van der Waals surface area contributed by atoms with Gasteiger partial charge in [-0.2, -0.15) is 0 Å². The van der Waals surface area contributed by atoms with Crippen molar-refractivity contribution in [1.29, 1.82) is 0 Å². The van der Waals surface area contributed by atoms with Gasteiger partial charge >= 0.3 is 5.69 Å². The van der Waals surface area contributed by atoms with Crippen molar-refractivity contribution in [1.82, 2.24) is 0 Å². The van der Waals surface area contributed by atoms with Gasteiger partial charge in [-0.05, 0) is 18.9 Å². The van der Waals surface area contributed by atoms with Crippen molar-refractivity contribution in [2.45, 2.75) is 12.8 Å². The number of ether oxygens (including phenoxy) is 1. The second-order valence-electron chi connectivity index (χ2n) is 2.97. The van der Waals surface area contributed by atoms with Crippen molar-refractivity contribution in [2.75, 3.05) is 12.5 Å². The zero-order valence-corrected chi connectivity index (χ0v) is 8.94. The van der Waals surface area contributed by atoms with E-state index in [9.17, 15) is 10.1 Å². The Morgan fingerprint density at radius 2 is 2.07 bits per heavy atom. The summed E-state index contributed by atoms with van der Waals surface area (Å²) >= 11 is 5.50. The Kier molecular flexibility index (Phi) is 4.90. The van der Waals surface area contributed by atoms with E-state index >= 15 is 0 Å². The summed E-state index contributed by atoms with van der Waals surface area (Å²) < 4.78 is 5.30. The number of nitro groups is 1. The van der Waals surface area contributed by atoms with Crippen LogP contribution in [0, 0.1) is 10.1 Å². The lowest BCUT2D eigenvalue weighted by atomic mass is 10.3. The van der Waals surface area contributed by atoms with Gasteiger partial charge in [-0.3, -0.25) is 10.1 Å².